The average molecular weight is 293 g/mol. The van der Waals surface area contributed by atoms with Crippen molar-refractivity contribution < 1.29 is 27.8 Å². The van der Waals surface area contributed by atoms with Gasteiger partial charge in [-0.05, 0) is 35.7 Å². The molecule has 0 radical (unpaired) electrons. The fourth-order valence-corrected chi connectivity index (χ4v) is 1.64. The maximum absolute atomic E-state index is 13.0. The molecule has 2 unspecified atom stereocenters. The first-order valence-corrected chi connectivity index (χ1v) is 5.51. The molecule has 0 saturated heterocycles. The fourth-order valence-electron chi connectivity index (χ4n) is 1.64. The van der Waals surface area contributed by atoms with Crippen LogP contribution in [0.5, 0.6) is 0 Å². The first-order chi connectivity index (χ1) is 9.27. The van der Waals surface area contributed by atoms with Crippen molar-refractivity contribution in [3.63, 3.8) is 0 Å². The molecule has 0 saturated carbocycles. The van der Waals surface area contributed by atoms with Crippen LogP contribution in [0.3, 0.4) is 0 Å². The number of alkyl halides is 3. The van der Waals surface area contributed by atoms with Gasteiger partial charge in [-0.2, -0.15) is 13.2 Å². The van der Waals surface area contributed by atoms with Crippen molar-refractivity contribution in [1.82, 2.24) is 0 Å². The number of halogens is 4. The van der Waals surface area contributed by atoms with Crippen LogP contribution in [0.25, 0.3) is 10.4 Å². The number of rotatable bonds is 5. The molecule has 9 heteroatoms. The van der Waals surface area contributed by atoms with Gasteiger partial charge in [-0.15, -0.1) is 0 Å². The molecule has 0 aliphatic carbocycles. The quantitative estimate of drug-likeness (QED) is 0.378. The molecule has 1 aromatic carbocycles. The van der Waals surface area contributed by atoms with Crippen molar-refractivity contribution in [2.45, 2.75) is 24.8 Å². The van der Waals surface area contributed by atoms with E-state index in [0.717, 1.165) is 0 Å². The lowest BCUT2D eigenvalue weighted by atomic mass is 9.96. The summed E-state index contributed by atoms with van der Waals surface area (Å²) in [4.78, 5) is 2.40. The number of azide groups is 1. The van der Waals surface area contributed by atoms with E-state index in [0.29, 0.717) is 18.2 Å². The zero-order valence-corrected chi connectivity index (χ0v) is 10.0. The third-order valence-electron chi connectivity index (χ3n) is 2.59. The van der Waals surface area contributed by atoms with E-state index in [1.165, 1.54) is 0 Å². The molecule has 0 aromatic heterocycles. The summed E-state index contributed by atoms with van der Waals surface area (Å²) in [5, 5.41) is 22.4. The van der Waals surface area contributed by atoms with Crippen LogP contribution in [-0.4, -0.2) is 22.9 Å². The van der Waals surface area contributed by atoms with Gasteiger partial charge in [0.1, 0.15) is 11.9 Å². The third kappa shape index (κ3) is 4.09. The molecule has 0 spiro atoms. The van der Waals surface area contributed by atoms with Crippen molar-refractivity contribution in [2.75, 3.05) is 6.54 Å². The monoisotopic (exact) mass is 293 g/mol. The molecule has 0 amide bonds. The highest BCUT2D eigenvalue weighted by atomic mass is 19.4. The summed E-state index contributed by atoms with van der Waals surface area (Å²) < 4.78 is 51.2. The van der Waals surface area contributed by atoms with Gasteiger partial charge in [-0.3, -0.25) is 0 Å². The van der Waals surface area contributed by atoms with E-state index in [2.05, 4.69) is 10.0 Å². The molecule has 20 heavy (non-hydrogen) atoms. The van der Waals surface area contributed by atoms with Crippen LogP contribution in [-0.2, 0) is 6.18 Å². The smallest absolute Gasteiger partial charge is 0.390 e. The van der Waals surface area contributed by atoms with Crippen molar-refractivity contribution in [3.05, 3.63) is 45.6 Å². The van der Waals surface area contributed by atoms with E-state index in [4.69, 9.17) is 5.53 Å². The Morgan fingerprint density at radius 3 is 2.50 bits per heavy atom. The summed E-state index contributed by atoms with van der Waals surface area (Å²) in [7, 11) is 0. The molecule has 0 fully saturated rings. The minimum absolute atomic E-state index is 0.203. The Bertz CT molecular complexity index is 515. The Balaban J connectivity index is 3.04. The molecule has 1 rings (SSSR count). The van der Waals surface area contributed by atoms with Gasteiger partial charge in [-0.25, -0.2) is 4.39 Å². The van der Waals surface area contributed by atoms with E-state index < -0.39 is 35.3 Å². The van der Waals surface area contributed by atoms with Crippen molar-refractivity contribution in [1.29, 1.82) is 0 Å². The van der Waals surface area contributed by atoms with Crippen LogP contribution in [0, 0.1) is 5.82 Å². The predicted octanol–water partition coefficient (Wildman–Crippen LogP) is 2.94. The number of hydrogen-bond donors (Lipinski definition) is 2. The standard InChI is InChI=1S/C11H11F4N3O2/c12-6-1-2-8(11(13,14)15)7(5-6)10(20)9(19)3-4-17-18-16/h1-2,5,9-10,19-20H,3-4H2. The van der Waals surface area contributed by atoms with Gasteiger partial charge in [-0.1, -0.05) is 5.11 Å². The maximum atomic E-state index is 13.0. The summed E-state index contributed by atoms with van der Waals surface area (Å²) in [5.74, 6) is -0.964. The van der Waals surface area contributed by atoms with Gasteiger partial charge in [0, 0.05) is 11.5 Å². The van der Waals surface area contributed by atoms with E-state index in [-0.39, 0.29) is 13.0 Å². The Morgan fingerprint density at radius 1 is 1.30 bits per heavy atom. The van der Waals surface area contributed by atoms with Crippen LogP contribution in [0.1, 0.15) is 23.7 Å². The zero-order chi connectivity index (χ0) is 15.3. The fraction of sp³-hybridized carbons (Fsp3) is 0.455. The van der Waals surface area contributed by atoms with Crippen LogP contribution >= 0.6 is 0 Å². The number of benzene rings is 1. The number of nitrogens with zero attached hydrogens (tertiary/aromatic N) is 3. The van der Waals surface area contributed by atoms with Crippen LogP contribution in [0.15, 0.2) is 23.3 Å². The highest BCUT2D eigenvalue weighted by Crippen LogP contribution is 2.36. The molecule has 1 aromatic rings. The lowest BCUT2D eigenvalue weighted by molar-refractivity contribution is -0.140. The second kappa shape index (κ2) is 6.56. The number of hydrogen-bond acceptors (Lipinski definition) is 3. The Morgan fingerprint density at radius 2 is 1.95 bits per heavy atom. The van der Waals surface area contributed by atoms with E-state index in [1.54, 1.807) is 0 Å². The maximum Gasteiger partial charge on any atom is 0.416 e. The van der Waals surface area contributed by atoms with E-state index in [9.17, 15) is 27.8 Å². The van der Waals surface area contributed by atoms with Crippen molar-refractivity contribution >= 4 is 0 Å². The van der Waals surface area contributed by atoms with Gasteiger partial charge >= 0.3 is 6.18 Å². The molecule has 0 bridgehead atoms. The van der Waals surface area contributed by atoms with Gasteiger partial charge in [0.25, 0.3) is 0 Å². The first-order valence-electron chi connectivity index (χ1n) is 5.51. The number of aliphatic hydroxyl groups is 2. The van der Waals surface area contributed by atoms with Crippen LogP contribution in [0.2, 0.25) is 0 Å². The van der Waals surface area contributed by atoms with Crippen LogP contribution < -0.4 is 0 Å². The molecular weight excluding hydrogens is 282 g/mol. The third-order valence-corrected chi connectivity index (χ3v) is 2.59. The van der Waals surface area contributed by atoms with Crippen LogP contribution in [0.4, 0.5) is 17.6 Å². The van der Waals surface area contributed by atoms with Gasteiger partial charge in [0.2, 0.25) is 0 Å². The Labute approximate surface area is 111 Å². The van der Waals surface area contributed by atoms with Gasteiger partial charge in [0.15, 0.2) is 0 Å². The van der Waals surface area contributed by atoms with Crippen molar-refractivity contribution in [2.24, 2.45) is 5.11 Å². The van der Waals surface area contributed by atoms with E-state index >= 15 is 0 Å². The molecule has 2 atom stereocenters. The lowest BCUT2D eigenvalue weighted by Crippen LogP contribution is -2.22. The summed E-state index contributed by atoms with van der Waals surface area (Å²) in [6, 6.07) is 1.63. The summed E-state index contributed by atoms with van der Waals surface area (Å²) in [6.45, 7) is -0.203. The molecule has 5 nitrogen and oxygen atoms in total. The first kappa shape index (κ1) is 16.2. The largest absolute Gasteiger partial charge is 0.416 e. The molecule has 0 aliphatic rings. The molecule has 2 N–H and O–H groups in total. The van der Waals surface area contributed by atoms with Gasteiger partial charge < -0.3 is 10.2 Å². The van der Waals surface area contributed by atoms with Crippen molar-refractivity contribution in [3.8, 4) is 0 Å². The van der Waals surface area contributed by atoms with E-state index in [1.807, 2.05) is 0 Å². The second-order valence-electron chi connectivity index (χ2n) is 3.98. The minimum atomic E-state index is -4.78. The molecule has 0 aliphatic heterocycles. The Kier molecular flexibility index (Phi) is 5.32. The highest BCUT2D eigenvalue weighted by molar-refractivity contribution is 5.32. The topological polar surface area (TPSA) is 89.2 Å². The zero-order valence-electron chi connectivity index (χ0n) is 10.0. The summed E-state index contributed by atoms with van der Waals surface area (Å²) in [6.07, 6.45) is -8.58. The Hall–Kier alpha value is -1.83. The highest BCUT2D eigenvalue weighted by Gasteiger charge is 2.36. The molecule has 110 valence electrons. The SMILES string of the molecule is [N-]=[N+]=NCCC(O)C(O)c1cc(F)ccc1C(F)(F)F. The molecular formula is C11H11F4N3O2. The second-order valence-corrected chi connectivity index (χ2v) is 3.98. The summed E-state index contributed by atoms with van der Waals surface area (Å²) >= 11 is 0. The lowest BCUT2D eigenvalue weighted by Gasteiger charge is -2.21. The number of aliphatic hydroxyl groups excluding tert-OH is 2. The normalized spacial score (nSPS) is 14.5. The van der Waals surface area contributed by atoms with Gasteiger partial charge in [0.05, 0.1) is 11.7 Å². The predicted molar refractivity (Wildman–Crippen MR) is 61.0 cm³/mol. The average Bonchev–Trinajstić information content (AvgIpc) is 2.36. The summed E-state index contributed by atoms with van der Waals surface area (Å²) in [5.41, 5.74) is 6.05. The molecule has 0 heterocycles. The minimum Gasteiger partial charge on any atom is -0.390 e.